The molecule has 1 aromatic rings. The molecule has 2 heterocycles. The molecule has 4 nitrogen and oxygen atoms in total. The number of rotatable bonds is 4. The maximum Gasteiger partial charge on any atom is 0.150 e. The van der Waals surface area contributed by atoms with Crippen molar-refractivity contribution in [2.24, 2.45) is 0 Å². The maximum atomic E-state index is 4.10. The third-order valence-electron chi connectivity index (χ3n) is 3.17. The fourth-order valence-corrected chi connectivity index (χ4v) is 2.13. The van der Waals surface area contributed by atoms with Crippen LogP contribution in [0.3, 0.4) is 0 Å². The van der Waals surface area contributed by atoms with Gasteiger partial charge < -0.3 is 10.2 Å². The van der Waals surface area contributed by atoms with Crippen molar-refractivity contribution in [1.29, 1.82) is 0 Å². The van der Waals surface area contributed by atoms with Gasteiger partial charge in [-0.1, -0.05) is 6.42 Å². The quantitative estimate of drug-likeness (QED) is 0.833. The highest BCUT2D eigenvalue weighted by Gasteiger charge is 2.13. The van der Waals surface area contributed by atoms with Crippen molar-refractivity contribution in [3.05, 3.63) is 18.3 Å². The first-order valence-electron chi connectivity index (χ1n) is 6.08. The van der Waals surface area contributed by atoms with Crippen LogP contribution in [0.5, 0.6) is 0 Å². The molecule has 0 bridgehead atoms. The van der Waals surface area contributed by atoms with Gasteiger partial charge in [-0.2, -0.15) is 5.10 Å². The van der Waals surface area contributed by atoms with E-state index < -0.39 is 0 Å². The molecule has 1 unspecified atom stereocenters. The first-order valence-corrected chi connectivity index (χ1v) is 6.08. The van der Waals surface area contributed by atoms with E-state index in [0.717, 1.165) is 12.4 Å². The van der Waals surface area contributed by atoms with E-state index in [2.05, 4.69) is 27.5 Å². The van der Waals surface area contributed by atoms with Gasteiger partial charge in [-0.05, 0) is 37.9 Å². The molecule has 4 heteroatoms. The van der Waals surface area contributed by atoms with E-state index in [1.807, 2.05) is 12.1 Å². The number of nitrogens with zero attached hydrogens (tertiary/aromatic N) is 3. The zero-order valence-electron chi connectivity index (χ0n) is 9.89. The summed E-state index contributed by atoms with van der Waals surface area (Å²) in [6, 6.07) is 4.62. The molecule has 1 fully saturated rings. The fourth-order valence-electron chi connectivity index (χ4n) is 2.13. The molecule has 1 aliphatic heterocycles. The third-order valence-corrected chi connectivity index (χ3v) is 3.17. The monoisotopic (exact) mass is 220 g/mol. The summed E-state index contributed by atoms with van der Waals surface area (Å²) in [6.45, 7) is 2.22. The summed E-state index contributed by atoms with van der Waals surface area (Å²) < 4.78 is 0. The molecule has 1 N–H and O–H groups in total. The molecule has 0 aliphatic carbocycles. The lowest BCUT2D eigenvalue weighted by Crippen LogP contribution is -2.36. The van der Waals surface area contributed by atoms with Gasteiger partial charge in [-0.15, -0.1) is 5.10 Å². The van der Waals surface area contributed by atoms with Crippen LogP contribution in [-0.2, 0) is 0 Å². The zero-order chi connectivity index (χ0) is 11.2. The highest BCUT2D eigenvalue weighted by molar-refractivity contribution is 5.34. The molecule has 1 aliphatic rings. The van der Waals surface area contributed by atoms with Crippen LogP contribution in [-0.4, -0.2) is 36.4 Å². The van der Waals surface area contributed by atoms with Crippen molar-refractivity contribution in [3.63, 3.8) is 0 Å². The molecular weight excluding hydrogens is 200 g/mol. The molecule has 0 amide bonds. The number of piperidine rings is 1. The average molecular weight is 220 g/mol. The number of anilines is 1. The number of hydrogen-bond acceptors (Lipinski definition) is 4. The lowest BCUT2D eigenvalue weighted by Gasteiger charge is -2.26. The van der Waals surface area contributed by atoms with Gasteiger partial charge in [0.25, 0.3) is 0 Å². The molecular formula is C12H20N4. The van der Waals surface area contributed by atoms with E-state index in [0.29, 0.717) is 6.04 Å². The second-order valence-electron chi connectivity index (χ2n) is 4.44. The molecule has 88 valence electrons. The third kappa shape index (κ3) is 3.17. The smallest absolute Gasteiger partial charge is 0.150 e. The van der Waals surface area contributed by atoms with Gasteiger partial charge in [0.05, 0.1) is 0 Å². The van der Waals surface area contributed by atoms with Crippen LogP contribution >= 0.6 is 0 Å². The minimum Gasteiger partial charge on any atom is -0.358 e. The van der Waals surface area contributed by atoms with Crippen molar-refractivity contribution in [2.45, 2.75) is 31.7 Å². The van der Waals surface area contributed by atoms with E-state index in [1.54, 1.807) is 6.20 Å². The molecule has 0 aromatic carbocycles. The highest BCUT2D eigenvalue weighted by atomic mass is 15.2. The largest absolute Gasteiger partial charge is 0.358 e. The van der Waals surface area contributed by atoms with Gasteiger partial charge >= 0.3 is 0 Å². The average Bonchev–Trinajstić information content (AvgIpc) is 2.38. The standard InChI is InChI=1S/C12H20N4/c1-16(12-6-4-9-14-15-12)10-7-11-5-2-3-8-13-11/h4,6,9,11,13H,2-3,5,7-8,10H2,1H3. The first-order chi connectivity index (χ1) is 7.86. The fraction of sp³-hybridized carbons (Fsp3) is 0.667. The normalized spacial score (nSPS) is 20.7. The molecule has 1 atom stereocenters. The summed E-state index contributed by atoms with van der Waals surface area (Å²) in [6.07, 6.45) is 6.91. The van der Waals surface area contributed by atoms with Gasteiger partial charge in [0.1, 0.15) is 0 Å². The summed E-state index contributed by atoms with van der Waals surface area (Å²) in [5, 5.41) is 11.6. The van der Waals surface area contributed by atoms with Gasteiger partial charge in [0, 0.05) is 25.8 Å². The van der Waals surface area contributed by atoms with E-state index in [9.17, 15) is 0 Å². The zero-order valence-corrected chi connectivity index (χ0v) is 9.89. The highest BCUT2D eigenvalue weighted by Crippen LogP contribution is 2.12. The lowest BCUT2D eigenvalue weighted by atomic mass is 10.0. The van der Waals surface area contributed by atoms with Crippen LogP contribution in [0.15, 0.2) is 18.3 Å². The van der Waals surface area contributed by atoms with Gasteiger partial charge in [-0.25, -0.2) is 0 Å². The summed E-state index contributed by atoms with van der Waals surface area (Å²) in [5.41, 5.74) is 0. The Bertz CT molecular complexity index is 295. The van der Waals surface area contributed by atoms with Gasteiger partial charge in [0.15, 0.2) is 5.82 Å². The van der Waals surface area contributed by atoms with Crippen molar-refractivity contribution in [2.75, 3.05) is 25.0 Å². The maximum absolute atomic E-state index is 4.10. The van der Waals surface area contributed by atoms with Crippen molar-refractivity contribution < 1.29 is 0 Å². The van der Waals surface area contributed by atoms with Crippen molar-refractivity contribution in [3.8, 4) is 0 Å². The Morgan fingerprint density at radius 1 is 1.50 bits per heavy atom. The Kier molecular flexibility index (Phi) is 4.10. The van der Waals surface area contributed by atoms with Gasteiger partial charge in [0.2, 0.25) is 0 Å². The summed E-state index contributed by atoms with van der Waals surface area (Å²) >= 11 is 0. The van der Waals surface area contributed by atoms with Crippen molar-refractivity contribution in [1.82, 2.24) is 15.5 Å². The lowest BCUT2D eigenvalue weighted by molar-refractivity contribution is 0.384. The van der Waals surface area contributed by atoms with E-state index in [-0.39, 0.29) is 0 Å². The first kappa shape index (κ1) is 11.3. The van der Waals surface area contributed by atoms with Crippen LogP contribution in [0.25, 0.3) is 0 Å². The van der Waals surface area contributed by atoms with E-state index in [1.165, 1.54) is 32.2 Å². The molecule has 16 heavy (non-hydrogen) atoms. The molecule has 0 saturated carbocycles. The minimum absolute atomic E-state index is 0.688. The van der Waals surface area contributed by atoms with Crippen LogP contribution in [0.2, 0.25) is 0 Å². The topological polar surface area (TPSA) is 41.0 Å². The Morgan fingerprint density at radius 3 is 3.12 bits per heavy atom. The number of nitrogens with one attached hydrogen (secondary N) is 1. The molecule has 1 saturated heterocycles. The Balaban J connectivity index is 1.77. The minimum atomic E-state index is 0.688. The van der Waals surface area contributed by atoms with Crippen molar-refractivity contribution >= 4 is 5.82 Å². The number of aromatic nitrogens is 2. The predicted molar refractivity (Wildman–Crippen MR) is 65.6 cm³/mol. The van der Waals surface area contributed by atoms with Crippen LogP contribution in [0, 0.1) is 0 Å². The second-order valence-corrected chi connectivity index (χ2v) is 4.44. The van der Waals surface area contributed by atoms with E-state index >= 15 is 0 Å². The predicted octanol–water partition coefficient (Wildman–Crippen LogP) is 1.44. The van der Waals surface area contributed by atoms with Crippen LogP contribution in [0.4, 0.5) is 5.82 Å². The molecule has 2 rings (SSSR count). The second kappa shape index (κ2) is 5.80. The summed E-state index contributed by atoms with van der Waals surface area (Å²) in [5.74, 6) is 0.957. The molecule has 0 spiro atoms. The van der Waals surface area contributed by atoms with E-state index in [4.69, 9.17) is 0 Å². The Morgan fingerprint density at radius 2 is 2.44 bits per heavy atom. The van der Waals surface area contributed by atoms with Crippen LogP contribution in [0.1, 0.15) is 25.7 Å². The Hall–Kier alpha value is -1.16. The molecule has 1 aromatic heterocycles. The summed E-state index contributed by atoms with van der Waals surface area (Å²) in [4.78, 5) is 2.17. The summed E-state index contributed by atoms with van der Waals surface area (Å²) in [7, 11) is 2.08. The molecule has 0 radical (unpaired) electrons. The van der Waals surface area contributed by atoms with Gasteiger partial charge in [-0.3, -0.25) is 0 Å². The number of hydrogen-bond donors (Lipinski definition) is 1. The Labute approximate surface area is 97.1 Å². The SMILES string of the molecule is CN(CCC1CCCCN1)c1cccnn1. The van der Waals surface area contributed by atoms with Crippen LogP contribution < -0.4 is 10.2 Å².